The number of para-hydroxylation sites is 1. The first-order valence-corrected chi connectivity index (χ1v) is 6.51. The van der Waals surface area contributed by atoms with Crippen molar-refractivity contribution >= 4 is 17.6 Å². The van der Waals surface area contributed by atoms with Gasteiger partial charge in [-0.05, 0) is 24.3 Å². The molecule has 3 aromatic rings. The Kier molecular flexibility index (Phi) is 3.57. The van der Waals surface area contributed by atoms with Crippen molar-refractivity contribution in [1.29, 1.82) is 0 Å². The fourth-order valence-corrected chi connectivity index (χ4v) is 1.97. The molecule has 3 N–H and O–H groups in total. The summed E-state index contributed by atoms with van der Waals surface area (Å²) in [6.45, 7) is 0. The lowest BCUT2D eigenvalue weighted by Gasteiger charge is -2.02. The summed E-state index contributed by atoms with van der Waals surface area (Å²) in [5.74, 6) is -0.481. The van der Waals surface area contributed by atoms with Crippen LogP contribution in [0.25, 0.3) is 11.3 Å². The Morgan fingerprint density at radius 3 is 2.77 bits per heavy atom. The number of rotatable bonds is 4. The summed E-state index contributed by atoms with van der Waals surface area (Å²) >= 11 is 0. The number of carbonyl (C=O) groups is 1. The number of carbonyl (C=O) groups excluding carboxylic acids is 1. The number of benzene rings is 2. The van der Waals surface area contributed by atoms with E-state index in [9.17, 15) is 9.18 Å². The van der Waals surface area contributed by atoms with Crippen molar-refractivity contribution in [3.05, 3.63) is 66.1 Å². The maximum Gasteiger partial charge on any atom is 0.299 e. The van der Waals surface area contributed by atoms with E-state index in [1.54, 1.807) is 42.5 Å². The van der Waals surface area contributed by atoms with Crippen LogP contribution in [0.15, 0.2) is 59.1 Å². The van der Waals surface area contributed by atoms with Crippen molar-refractivity contribution in [2.75, 3.05) is 5.32 Å². The molecular formula is C16H12FN3O2. The van der Waals surface area contributed by atoms with E-state index >= 15 is 0 Å². The van der Waals surface area contributed by atoms with E-state index < -0.39 is 11.7 Å². The molecule has 0 saturated heterocycles. The van der Waals surface area contributed by atoms with Crippen molar-refractivity contribution in [2.24, 2.45) is 5.73 Å². The van der Waals surface area contributed by atoms with Crippen LogP contribution in [0, 0.1) is 5.82 Å². The summed E-state index contributed by atoms with van der Waals surface area (Å²) < 4.78 is 19.1. The van der Waals surface area contributed by atoms with E-state index in [0.717, 1.165) is 0 Å². The smallest absolute Gasteiger partial charge is 0.299 e. The molecule has 5 nitrogen and oxygen atoms in total. The van der Waals surface area contributed by atoms with Gasteiger partial charge in [-0.2, -0.15) is 0 Å². The number of oxazole rings is 1. The molecule has 3 rings (SSSR count). The third-order valence-corrected chi connectivity index (χ3v) is 3.05. The fraction of sp³-hybridized carbons (Fsp3) is 0. The van der Waals surface area contributed by atoms with Gasteiger partial charge in [0.1, 0.15) is 5.82 Å². The third kappa shape index (κ3) is 2.80. The standard InChI is InChI=1S/C16H12FN3O2/c17-12-6-1-2-7-13(12)20-16-19-9-14(22-16)10-4-3-5-11(8-10)15(18)21/h1-9H,(H2,18,21)(H,19,20). The van der Waals surface area contributed by atoms with Gasteiger partial charge in [-0.25, -0.2) is 9.37 Å². The van der Waals surface area contributed by atoms with Crippen LogP contribution in [-0.2, 0) is 0 Å². The molecule has 1 aromatic heterocycles. The molecule has 110 valence electrons. The number of hydrogen-bond donors (Lipinski definition) is 2. The molecule has 0 aliphatic carbocycles. The summed E-state index contributed by atoms with van der Waals surface area (Å²) in [7, 11) is 0. The minimum absolute atomic E-state index is 0.157. The Bertz CT molecular complexity index is 830. The summed E-state index contributed by atoms with van der Waals surface area (Å²) in [4.78, 5) is 15.2. The zero-order valence-electron chi connectivity index (χ0n) is 11.4. The Labute approximate surface area is 125 Å². The topological polar surface area (TPSA) is 81.2 Å². The van der Waals surface area contributed by atoms with Crippen LogP contribution in [0.5, 0.6) is 0 Å². The van der Waals surface area contributed by atoms with E-state index in [1.807, 2.05) is 0 Å². The minimum atomic E-state index is -0.522. The normalized spacial score (nSPS) is 10.4. The molecule has 0 atom stereocenters. The molecule has 0 spiro atoms. The van der Waals surface area contributed by atoms with E-state index in [4.69, 9.17) is 10.2 Å². The number of nitrogens with two attached hydrogens (primary N) is 1. The van der Waals surface area contributed by atoms with Gasteiger partial charge in [0.15, 0.2) is 5.76 Å². The van der Waals surface area contributed by atoms with Gasteiger partial charge >= 0.3 is 0 Å². The lowest BCUT2D eigenvalue weighted by molar-refractivity contribution is 0.100. The van der Waals surface area contributed by atoms with E-state index in [1.165, 1.54) is 12.3 Å². The van der Waals surface area contributed by atoms with Crippen LogP contribution in [0.1, 0.15) is 10.4 Å². The van der Waals surface area contributed by atoms with Crippen LogP contribution in [0.3, 0.4) is 0 Å². The van der Waals surface area contributed by atoms with Crippen LogP contribution in [0.2, 0.25) is 0 Å². The highest BCUT2D eigenvalue weighted by Crippen LogP contribution is 2.25. The quantitative estimate of drug-likeness (QED) is 0.774. The zero-order valence-corrected chi connectivity index (χ0v) is 11.4. The Hall–Kier alpha value is -3.15. The minimum Gasteiger partial charge on any atom is -0.423 e. The van der Waals surface area contributed by atoms with Gasteiger partial charge < -0.3 is 15.5 Å². The fourth-order valence-electron chi connectivity index (χ4n) is 1.97. The monoisotopic (exact) mass is 297 g/mol. The van der Waals surface area contributed by atoms with Gasteiger partial charge in [0.2, 0.25) is 5.91 Å². The van der Waals surface area contributed by atoms with Crippen molar-refractivity contribution in [3.63, 3.8) is 0 Å². The second-order valence-corrected chi connectivity index (χ2v) is 4.58. The average Bonchev–Trinajstić information content (AvgIpc) is 2.98. The SMILES string of the molecule is NC(=O)c1cccc(-c2cnc(Nc3ccccc3F)o2)c1. The molecule has 22 heavy (non-hydrogen) atoms. The summed E-state index contributed by atoms with van der Waals surface area (Å²) in [6.07, 6.45) is 1.49. The number of amides is 1. The maximum atomic E-state index is 13.6. The van der Waals surface area contributed by atoms with Crippen LogP contribution < -0.4 is 11.1 Å². The van der Waals surface area contributed by atoms with Gasteiger partial charge in [-0.15, -0.1) is 0 Å². The largest absolute Gasteiger partial charge is 0.423 e. The molecule has 0 bridgehead atoms. The van der Waals surface area contributed by atoms with Crippen molar-refractivity contribution in [3.8, 4) is 11.3 Å². The van der Waals surface area contributed by atoms with Crippen LogP contribution in [0.4, 0.5) is 16.1 Å². The third-order valence-electron chi connectivity index (χ3n) is 3.05. The van der Waals surface area contributed by atoms with Gasteiger partial charge in [0.05, 0.1) is 11.9 Å². The first-order chi connectivity index (χ1) is 10.6. The van der Waals surface area contributed by atoms with Gasteiger partial charge in [-0.3, -0.25) is 4.79 Å². The van der Waals surface area contributed by atoms with E-state index in [-0.39, 0.29) is 11.7 Å². The molecule has 0 fully saturated rings. The molecule has 6 heteroatoms. The summed E-state index contributed by atoms with van der Waals surface area (Å²) in [5.41, 5.74) is 6.54. The zero-order chi connectivity index (χ0) is 15.5. The number of hydrogen-bond acceptors (Lipinski definition) is 4. The average molecular weight is 297 g/mol. The molecule has 1 heterocycles. The Morgan fingerprint density at radius 2 is 2.00 bits per heavy atom. The van der Waals surface area contributed by atoms with Crippen molar-refractivity contribution < 1.29 is 13.6 Å². The molecule has 0 saturated carbocycles. The highest BCUT2D eigenvalue weighted by Gasteiger charge is 2.10. The molecule has 0 aliphatic heterocycles. The molecular weight excluding hydrogens is 285 g/mol. The number of primary amides is 1. The van der Waals surface area contributed by atoms with Gasteiger partial charge in [0, 0.05) is 11.1 Å². The van der Waals surface area contributed by atoms with Crippen LogP contribution >= 0.6 is 0 Å². The number of nitrogens with zero attached hydrogens (tertiary/aromatic N) is 1. The Balaban J connectivity index is 1.86. The number of nitrogens with one attached hydrogen (secondary N) is 1. The molecule has 0 unspecified atom stereocenters. The van der Waals surface area contributed by atoms with Gasteiger partial charge in [0.25, 0.3) is 6.01 Å². The molecule has 0 aliphatic rings. The molecule has 1 amide bonds. The van der Waals surface area contributed by atoms with E-state index in [0.29, 0.717) is 16.9 Å². The highest BCUT2D eigenvalue weighted by atomic mass is 19.1. The number of aromatic nitrogens is 1. The van der Waals surface area contributed by atoms with Crippen molar-refractivity contribution in [1.82, 2.24) is 4.98 Å². The van der Waals surface area contributed by atoms with Crippen LogP contribution in [-0.4, -0.2) is 10.9 Å². The number of halogens is 1. The second kappa shape index (κ2) is 5.69. The highest BCUT2D eigenvalue weighted by molar-refractivity contribution is 5.93. The Morgan fingerprint density at radius 1 is 1.18 bits per heavy atom. The summed E-state index contributed by atoms with van der Waals surface area (Å²) in [5, 5.41) is 2.76. The molecule has 2 aromatic carbocycles. The first-order valence-electron chi connectivity index (χ1n) is 6.51. The second-order valence-electron chi connectivity index (χ2n) is 4.58. The lowest BCUT2D eigenvalue weighted by atomic mass is 10.1. The predicted molar refractivity (Wildman–Crippen MR) is 80.1 cm³/mol. The van der Waals surface area contributed by atoms with Crippen molar-refractivity contribution in [2.45, 2.75) is 0 Å². The van der Waals surface area contributed by atoms with Gasteiger partial charge in [-0.1, -0.05) is 24.3 Å². The predicted octanol–water partition coefficient (Wildman–Crippen LogP) is 3.32. The molecule has 0 radical (unpaired) electrons. The van der Waals surface area contributed by atoms with E-state index in [2.05, 4.69) is 10.3 Å². The number of anilines is 2. The lowest BCUT2D eigenvalue weighted by Crippen LogP contribution is -2.10. The maximum absolute atomic E-state index is 13.6. The first kappa shape index (κ1) is 13.8. The summed E-state index contributed by atoms with van der Waals surface area (Å²) in [6, 6.07) is 13.0.